The fraction of sp³-hybridized carbons (Fsp3) is 0.917. The molecule has 166 valence electrons. The smallest absolute Gasteiger partial charge is 0.309 e. The summed E-state index contributed by atoms with van der Waals surface area (Å²) in [6.07, 6.45) is 10.7. The molecule has 6 nitrogen and oxygen atoms in total. The summed E-state index contributed by atoms with van der Waals surface area (Å²) < 4.78 is 22.8. The van der Waals surface area contributed by atoms with Gasteiger partial charge in [-0.15, -0.1) is 0 Å². The lowest BCUT2D eigenvalue weighted by Gasteiger charge is -2.21. The number of ether oxygens (including phenoxy) is 4. The van der Waals surface area contributed by atoms with Crippen LogP contribution in [0.15, 0.2) is 0 Å². The molecular formula is C24H34O6. The van der Waals surface area contributed by atoms with E-state index in [1.54, 1.807) is 0 Å². The Labute approximate surface area is 178 Å². The molecular weight excluding hydrogens is 384 g/mol. The highest BCUT2D eigenvalue weighted by Gasteiger charge is 2.71. The molecule has 0 aromatic heterocycles. The maximum Gasteiger partial charge on any atom is 0.309 e. The molecule has 9 unspecified atom stereocenters. The van der Waals surface area contributed by atoms with Crippen LogP contribution >= 0.6 is 0 Å². The topological polar surface area (TPSA) is 77.7 Å². The lowest BCUT2D eigenvalue weighted by Crippen LogP contribution is -2.27. The molecule has 6 rings (SSSR count). The van der Waals surface area contributed by atoms with Gasteiger partial charge in [0.05, 0.1) is 48.5 Å². The number of carbonyl (C=O) groups is 2. The van der Waals surface area contributed by atoms with Gasteiger partial charge in [-0.2, -0.15) is 0 Å². The van der Waals surface area contributed by atoms with Crippen LogP contribution < -0.4 is 0 Å². The maximum absolute atomic E-state index is 12.5. The molecule has 6 heteroatoms. The van der Waals surface area contributed by atoms with Gasteiger partial charge in [-0.1, -0.05) is 13.3 Å². The molecule has 2 heterocycles. The Bertz CT molecular complexity index is 737. The minimum Gasteiger partial charge on any atom is -0.465 e. The summed E-state index contributed by atoms with van der Waals surface area (Å²) in [7, 11) is 0. The molecule has 0 aromatic carbocycles. The van der Waals surface area contributed by atoms with Gasteiger partial charge in [0.1, 0.15) is 0 Å². The van der Waals surface area contributed by atoms with E-state index in [9.17, 15) is 9.59 Å². The predicted octanol–water partition coefficient (Wildman–Crippen LogP) is 3.40. The molecule has 30 heavy (non-hydrogen) atoms. The van der Waals surface area contributed by atoms with Crippen molar-refractivity contribution in [1.29, 1.82) is 0 Å². The Balaban J connectivity index is 0.862. The second-order valence-corrected chi connectivity index (χ2v) is 10.9. The van der Waals surface area contributed by atoms with Crippen LogP contribution in [0.3, 0.4) is 0 Å². The molecule has 4 aliphatic carbocycles. The van der Waals surface area contributed by atoms with Crippen molar-refractivity contribution < 1.29 is 28.5 Å². The fourth-order valence-electron chi connectivity index (χ4n) is 7.28. The summed E-state index contributed by atoms with van der Waals surface area (Å²) in [6, 6.07) is 0. The average Bonchev–Trinajstić information content (AvgIpc) is 3.35. The van der Waals surface area contributed by atoms with E-state index in [-0.39, 0.29) is 35.0 Å². The number of rotatable bonds is 10. The second-order valence-electron chi connectivity index (χ2n) is 10.9. The molecule has 2 aliphatic heterocycles. The quantitative estimate of drug-likeness (QED) is 0.307. The Morgan fingerprint density at radius 1 is 0.900 bits per heavy atom. The minimum absolute atomic E-state index is 0.00887. The van der Waals surface area contributed by atoms with Crippen molar-refractivity contribution in [2.24, 2.45) is 29.6 Å². The van der Waals surface area contributed by atoms with Crippen LogP contribution in [0.2, 0.25) is 0 Å². The van der Waals surface area contributed by atoms with Gasteiger partial charge < -0.3 is 18.9 Å². The normalized spacial score (nSPS) is 47.0. The van der Waals surface area contributed by atoms with E-state index in [0.717, 1.165) is 64.2 Å². The highest BCUT2D eigenvalue weighted by molar-refractivity contribution is 5.74. The molecule has 9 atom stereocenters. The van der Waals surface area contributed by atoms with E-state index >= 15 is 0 Å². The van der Waals surface area contributed by atoms with Crippen LogP contribution in [0.5, 0.6) is 0 Å². The molecule has 0 amide bonds. The molecule has 0 aromatic rings. The van der Waals surface area contributed by atoms with E-state index in [0.29, 0.717) is 43.2 Å². The van der Waals surface area contributed by atoms with Crippen molar-refractivity contribution in [3.8, 4) is 0 Å². The highest BCUT2D eigenvalue weighted by atomic mass is 16.6. The molecule has 2 saturated heterocycles. The Morgan fingerprint density at radius 3 is 2.00 bits per heavy atom. The summed E-state index contributed by atoms with van der Waals surface area (Å²) in [4.78, 5) is 24.9. The van der Waals surface area contributed by atoms with Crippen LogP contribution in [0.25, 0.3) is 0 Å². The van der Waals surface area contributed by atoms with Crippen LogP contribution in [-0.2, 0) is 28.5 Å². The average molecular weight is 419 g/mol. The van der Waals surface area contributed by atoms with Crippen molar-refractivity contribution in [3.63, 3.8) is 0 Å². The first-order valence-electron chi connectivity index (χ1n) is 12.2. The number of epoxide rings is 2. The van der Waals surface area contributed by atoms with Gasteiger partial charge in [0.15, 0.2) is 0 Å². The first kappa shape index (κ1) is 19.5. The number of unbranched alkanes of at least 4 members (excludes halogenated alkanes) is 1. The Hall–Kier alpha value is -1.14. The van der Waals surface area contributed by atoms with Crippen LogP contribution in [-0.4, -0.2) is 48.6 Å². The van der Waals surface area contributed by atoms with Gasteiger partial charge in [-0.3, -0.25) is 9.59 Å². The maximum atomic E-state index is 12.5. The Morgan fingerprint density at radius 2 is 1.50 bits per heavy atom. The summed E-state index contributed by atoms with van der Waals surface area (Å²) in [5.74, 6) is 1.46. The summed E-state index contributed by atoms with van der Waals surface area (Å²) in [6.45, 7) is 3.17. The van der Waals surface area contributed by atoms with Crippen LogP contribution in [0, 0.1) is 29.6 Å². The van der Waals surface area contributed by atoms with Crippen molar-refractivity contribution in [2.45, 2.75) is 94.5 Å². The first-order chi connectivity index (χ1) is 14.5. The summed E-state index contributed by atoms with van der Waals surface area (Å²) in [5, 5.41) is 0. The number of hydrogen-bond donors (Lipinski definition) is 0. The van der Waals surface area contributed by atoms with E-state index in [1.807, 2.05) is 0 Å². The molecule has 6 aliphatic rings. The molecule has 6 fully saturated rings. The van der Waals surface area contributed by atoms with Gasteiger partial charge in [0, 0.05) is 0 Å². The third-order valence-electron chi connectivity index (χ3n) is 9.23. The van der Waals surface area contributed by atoms with Gasteiger partial charge >= 0.3 is 11.9 Å². The Kier molecular flexibility index (Phi) is 4.51. The number of hydrogen-bond acceptors (Lipinski definition) is 6. The zero-order valence-corrected chi connectivity index (χ0v) is 18.0. The monoisotopic (exact) mass is 418 g/mol. The molecule has 0 N–H and O–H groups in total. The lowest BCUT2D eigenvalue weighted by molar-refractivity contribution is -0.152. The zero-order valence-electron chi connectivity index (χ0n) is 18.0. The van der Waals surface area contributed by atoms with Crippen LogP contribution in [0.1, 0.15) is 71.1 Å². The van der Waals surface area contributed by atoms with E-state index in [4.69, 9.17) is 18.9 Å². The SMILES string of the molecule is CCC(CCCCOC(=O)C1CC23CC1CC2O3)COC(=O)C1CC23CC1CC2O3. The third-order valence-corrected chi connectivity index (χ3v) is 9.23. The predicted molar refractivity (Wildman–Crippen MR) is 106 cm³/mol. The van der Waals surface area contributed by atoms with Crippen LogP contribution in [0.4, 0.5) is 0 Å². The molecule has 4 bridgehead atoms. The number of fused-ring (bicyclic) bond motifs is 2. The van der Waals surface area contributed by atoms with Crippen molar-refractivity contribution in [3.05, 3.63) is 0 Å². The fourth-order valence-corrected chi connectivity index (χ4v) is 7.28. The summed E-state index contributed by atoms with van der Waals surface area (Å²) >= 11 is 0. The number of carbonyl (C=O) groups excluding carboxylic acids is 2. The highest BCUT2D eigenvalue weighted by Crippen LogP contribution is 2.65. The van der Waals surface area contributed by atoms with E-state index in [2.05, 4.69) is 6.92 Å². The molecule has 2 spiro atoms. The molecule has 0 radical (unpaired) electrons. The second kappa shape index (κ2) is 6.93. The minimum atomic E-state index is -0.0148. The lowest BCUT2D eigenvalue weighted by atomic mass is 9.89. The van der Waals surface area contributed by atoms with E-state index in [1.165, 1.54) is 0 Å². The third kappa shape index (κ3) is 3.12. The van der Waals surface area contributed by atoms with Gasteiger partial charge in [0.25, 0.3) is 0 Å². The molecule has 4 saturated carbocycles. The standard InChI is InChI=1S/C24H34O6/c1-2-14(13-28-22(26)18-12-24-10-16(18)8-20(24)30-24)5-3-4-6-27-21(25)17-11-23-9-15(17)7-19(23)29-23/h14-20H,2-13H2,1H3. The first-order valence-corrected chi connectivity index (χ1v) is 12.2. The largest absolute Gasteiger partial charge is 0.465 e. The van der Waals surface area contributed by atoms with Crippen molar-refractivity contribution in [1.82, 2.24) is 0 Å². The van der Waals surface area contributed by atoms with Crippen molar-refractivity contribution >= 4 is 11.9 Å². The van der Waals surface area contributed by atoms with Crippen molar-refractivity contribution in [2.75, 3.05) is 13.2 Å². The zero-order chi connectivity index (χ0) is 20.5. The van der Waals surface area contributed by atoms with Gasteiger partial charge in [-0.25, -0.2) is 0 Å². The van der Waals surface area contributed by atoms with E-state index < -0.39 is 0 Å². The summed E-state index contributed by atoms with van der Waals surface area (Å²) in [5.41, 5.74) is 0.117. The number of esters is 2. The van der Waals surface area contributed by atoms with Gasteiger partial charge in [0.2, 0.25) is 0 Å². The van der Waals surface area contributed by atoms with Gasteiger partial charge in [-0.05, 0) is 75.5 Å².